The van der Waals surface area contributed by atoms with E-state index in [1.54, 1.807) is 36.3 Å². The van der Waals surface area contributed by atoms with E-state index in [0.717, 1.165) is 0 Å². The predicted octanol–water partition coefficient (Wildman–Crippen LogP) is 5.86. The third-order valence-electron chi connectivity index (χ3n) is 4.89. The summed E-state index contributed by atoms with van der Waals surface area (Å²) in [7, 11) is 0. The molecule has 10 heteroatoms. The molecule has 32 heavy (non-hydrogen) atoms. The first-order valence-corrected chi connectivity index (χ1v) is 10.3. The number of hydrogen-bond donors (Lipinski definition) is 2. The monoisotopic (exact) mass is 482 g/mol. The quantitative estimate of drug-likeness (QED) is 0.389. The lowest BCUT2D eigenvalue weighted by Gasteiger charge is -2.19. The molecule has 0 spiro atoms. The minimum atomic E-state index is -0.868. The lowest BCUT2D eigenvalue weighted by molar-refractivity contribution is -0.142. The van der Waals surface area contributed by atoms with Crippen LogP contribution in [0.4, 0.5) is 10.2 Å². The Morgan fingerprint density at radius 2 is 2.03 bits per heavy atom. The fourth-order valence-electron chi connectivity index (χ4n) is 3.09. The number of pyridine rings is 1. The van der Waals surface area contributed by atoms with Crippen LogP contribution in [0.3, 0.4) is 0 Å². The molecule has 2 aromatic heterocycles. The highest BCUT2D eigenvalue weighted by molar-refractivity contribution is 6.36. The van der Waals surface area contributed by atoms with Crippen LogP contribution in [0.5, 0.6) is 5.75 Å². The van der Waals surface area contributed by atoms with Gasteiger partial charge in [-0.1, -0.05) is 37.6 Å². The Balaban J connectivity index is 0.00000363. The largest absolute Gasteiger partial charge is 0.482 e. The lowest BCUT2D eigenvalue weighted by Crippen LogP contribution is -2.19. The summed E-state index contributed by atoms with van der Waals surface area (Å²) in [6, 6.07) is 4.27. The normalized spacial score (nSPS) is 12.7. The van der Waals surface area contributed by atoms with Crippen molar-refractivity contribution in [3.8, 4) is 16.9 Å². The van der Waals surface area contributed by atoms with E-state index in [0.29, 0.717) is 23.1 Å². The topological polar surface area (TPSA) is 103 Å². The zero-order valence-corrected chi connectivity index (χ0v) is 18.4. The zero-order chi connectivity index (χ0) is 22.7. The van der Waals surface area contributed by atoms with Crippen molar-refractivity contribution in [2.45, 2.75) is 40.3 Å². The van der Waals surface area contributed by atoms with E-state index >= 15 is 0 Å². The highest BCUT2D eigenvalue weighted by atomic mass is 35.5. The molecule has 3 N–H and O–H groups in total. The van der Waals surface area contributed by atoms with E-state index in [2.05, 4.69) is 10.1 Å². The second-order valence-electron chi connectivity index (χ2n) is 7.02. The van der Waals surface area contributed by atoms with Crippen LogP contribution in [-0.4, -0.2) is 25.8 Å². The van der Waals surface area contributed by atoms with Gasteiger partial charge in [0.2, 0.25) is 0 Å². The Morgan fingerprint density at radius 3 is 2.69 bits per heavy atom. The molecule has 0 radical (unpaired) electrons. The zero-order valence-electron chi connectivity index (χ0n) is 16.8. The number of nitrogens with zero attached hydrogens (tertiary/aromatic N) is 3. The number of nitrogen functional groups attached to an aromatic ring is 1. The summed E-state index contributed by atoms with van der Waals surface area (Å²) in [6.45, 7) is 3.74. The molecule has 0 aliphatic rings. The molecule has 7 nitrogen and oxygen atoms in total. The van der Waals surface area contributed by atoms with Gasteiger partial charge in [0, 0.05) is 34.1 Å². The van der Waals surface area contributed by atoms with Gasteiger partial charge < -0.3 is 15.6 Å². The van der Waals surface area contributed by atoms with Crippen LogP contribution < -0.4 is 10.5 Å². The third-order valence-corrected chi connectivity index (χ3v) is 5.60. The van der Waals surface area contributed by atoms with Crippen molar-refractivity contribution < 1.29 is 19.0 Å². The van der Waals surface area contributed by atoms with Crippen molar-refractivity contribution >= 4 is 35.0 Å². The van der Waals surface area contributed by atoms with Crippen LogP contribution in [-0.2, 0) is 11.3 Å². The molecule has 3 aromatic rings. The summed E-state index contributed by atoms with van der Waals surface area (Å²) in [5.74, 6) is -1.59. The van der Waals surface area contributed by atoms with Gasteiger partial charge in [-0.2, -0.15) is 5.10 Å². The first-order valence-electron chi connectivity index (χ1n) is 9.52. The van der Waals surface area contributed by atoms with Crippen LogP contribution in [0.25, 0.3) is 11.1 Å². The first kappa shape index (κ1) is 25.4. The number of anilines is 1. The van der Waals surface area contributed by atoms with Crippen molar-refractivity contribution in [2.75, 3.05) is 5.73 Å². The minimum Gasteiger partial charge on any atom is -0.482 e. The SMILES string of the molecule is C.CCC(Cn1cc(-c2cnc(N)c(OC(C)c3c(Cl)ccc(F)c3Cl)c2)cn1)C(=O)O. The van der Waals surface area contributed by atoms with Gasteiger partial charge in [-0.05, 0) is 31.5 Å². The number of benzene rings is 1. The molecular formula is C22H25Cl2FN4O3. The van der Waals surface area contributed by atoms with E-state index in [-0.39, 0.29) is 35.6 Å². The van der Waals surface area contributed by atoms with Crippen LogP contribution in [0, 0.1) is 11.7 Å². The molecule has 2 atom stereocenters. The second kappa shape index (κ2) is 10.7. The van der Waals surface area contributed by atoms with Gasteiger partial charge in [-0.25, -0.2) is 9.37 Å². The molecule has 2 unspecified atom stereocenters. The van der Waals surface area contributed by atoms with Gasteiger partial charge >= 0.3 is 5.97 Å². The Labute approximate surface area is 195 Å². The van der Waals surface area contributed by atoms with Gasteiger partial charge in [0.05, 0.1) is 23.7 Å². The summed E-state index contributed by atoms with van der Waals surface area (Å²) in [5, 5.41) is 13.6. The van der Waals surface area contributed by atoms with Crippen molar-refractivity contribution in [2.24, 2.45) is 5.92 Å². The van der Waals surface area contributed by atoms with Crippen molar-refractivity contribution in [1.82, 2.24) is 14.8 Å². The Hall–Kier alpha value is -2.84. The molecule has 0 aliphatic heterocycles. The Morgan fingerprint density at radius 1 is 1.31 bits per heavy atom. The molecule has 172 valence electrons. The average Bonchev–Trinajstić information content (AvgIpc) is 3.19. The standard InChI is InChI=1S/C21H21Cl2FN4O3.CH4/c1-3-12(21(29)30)9-28-10-14(8-27-28)13-6-17(20(25)26-7-13)31-11(2)18-15(22)4-5-16(24)19(18)23;/h4-8,10-12H,3,9H2,1-2H3,(H2,25,26)(H,29,30);1H4. The smallest absolute Gasteiger partial charge is 0.308 e. The highest BCUT2D eigenvalue weighted by Gasteiger charge is 2.20. The maximum Gasteiger partial charge on any atom is 0.308 e. The molecular weight excluding hydrogens is 458 g/mol. The summed E-state index contributed by atoms with van der Waals surface area (Å²) >= 11 is 12.2. The number of hydrogen-bond acceptors (Lipinski definition) is 5. The maximum absolute atomic E-state index is 13.9. The van der Waals surface area contributed by atoms with Gasteiger partial charge in [0.25, 0.3) is 0 Å². The molecule has 0 fully saturated rings. The highest BCUT2D eigenvalue weighted by Crippen LogP contribution is 2.36. The maximum atomic E-state index is 13.9. The number of carbonyl (C=O) groups is 1. The molecule has 0 amide bonds. The molecule has 0 bridgehead atoms. The van der Waals surface area contributed by atoms with Crippen molar-refractivity contribution in [3.05, 3.63) is 58.2 Å². The van der Waals surface area contributed by atoms with Gasteiger partial charge in [0.15, 0.2) is 11.6 Å². The molecule has 1 aromatic carbocycles. The van der Waals surface area contributed by atoms with E-state index in [4.69, 9.17) is 33.7 Å². The summed E-state index contributed by atoms with van der Waals surface area (Å²) in [4.78, 5) is 15.4. The number of halogens is 3. The number of aromatic nitrogens is 3. The van der Waals surface area contributed by atoms with Crippen LogP contribution in [0.1, 0.15) is 39.4 Å². The Bertz CT molecular complexity index is 1110. The number of ether oxygens (including phenoxy) is 1. The van der Waals surface area contributed by atoms with Crippen molar-refractivity contribution in [1.29, 1.82) is 0 Å². The number of carboxylic acid groups (broad SMARTS) is 1. The van der Waals surface area contributed by atoms with Crippen molar-refractivity contribution in [3.63, 3.8) is 0 Å². The number of aliphatic carboxylic acids is 1. The number of nitrogens with two attached hydrogens (primary N) is 1. The fraction of sp³-hybridized carbons (Fsp3) is 0.318. The van der Waals surface area contributed by atoms with Crippen LogP contribution in [0.15, 0.2) is 36.8 Å². The first-order chi connectivity index (χ1) is 14.7. The summed E-state index contributed by atoms with van der Waals surface area (Å²) in [5.41, 5.74) is 7.65. The summed E-state index contributed by atoms with van der Waals surface area (Å²) < 4.78 is 21.3. The fourth-order valence-corrected chi connectivity index (χ4v) is 3.77. The van der Waals surface area contributed by atoms with Gasteiger partial charge in [0.1, 0.15) is 11.9 Å². The van der Waals surface area contributed by atoms with E-state index in [1.807, 2.05) is 6.92 Å². The molecule has 2 heterocycles. The van der Waals surface area contributed by atoms with Crippen LogP contribution in [0.2, 0.25) is 10.0 Å². The molecule has 0 saturated carbocycles. The van der Waals surface area contributed by atoms with Crippen LogP contribution >= 0.6 is 23.2 Å². The predicted molar refractivity (Wildman–Crippen MR) is 123 cm³/mol. The van der Waals surface area contributed by atoms with E-state index in [9.17, 15) is 14.3 Å². The Kier molecular flexibility index (Phi) is 8.46. The van der Waals surface area contributed by atoms with Gasteiger partial charge in [-0.3, -0.25) is 9.48 Å². The van der Waals surface area contributed by atoms with Gasteiger partial charge in [-0.15, -0.1) is 0 Å². The molecule has 3 rings (SSSR count). The average molecular weight is 483 g/mol. The number of carboxylic acids is 1. The molecule has 0 aliphatic carbocycles. The minimum absolute atomic E-state index is 0. The third kappa shape index (κ3) is 5.49. The van der Waals surface area contributed by atoms with E-state index in [1.165, 1.54) is 12.1 Å². The molecule has 0 saturated heterocycles. The number of rotatable bonds is 8. The second-order valence-corrected chi connectivity index (χ2v) is 7.80. The lowest BCUT2D eigenvalue weighted by atomic mass is 10.1. The summed E-state index contributed by atoms with van der Waals surface area (Å²) in [6.07, 6.45) is 4.69. The van der Waals surface area contributed by atoms with E-state index < -0.39 is 23.8 Å².